The Morgan fingerprint density at radius 1 is 1.58 bits per heavy atom. The van der Waals surface area contributed by atoms with Gasteiger partial charge in [0.15, 0.2) is 5.12 Å². The van der Waals surface area contributed by atoms with E-state index >= 15 is 0 Å². The van der Waals surface area contributed by atoms with Crippen LogP contribution < -0.4 is 10.6 Å². The highest BCUT2D eigenvalue weighted by Crippen LogP contribution is 2.33. The maximum Gasteiger partial charge on any atom is 0.227 e. The Kier molecular flexibility index (Phi) is 4.37. The highest BCUT2D eigenvalue weighted by Gasteiger charge is 2.31. The second kappa shape index (κ2) is 5.84. The van der Waals surface area contributed by atoms with Crippen LogP contribution in [0.5, 0.6) is 0 Å². The molecule has 1 amide bonds. The lowest BCUT2D eigenvalue weighted by atomic mass is 10.1. The summed E-state index contributed by atoms with van der Waals surface area (Å²) in [5.74, 6) is 0.876. The third kappa shape index (κ3) is 3.42. The number of halogens is 1. The Balaban J connectivity index is 2.11. The average molecular weight is 299 g/mol. The molecule has 0 aliphatic carbocycles. The molecule has 1 heterocycles. The molecule has 1 saturated heterocycles. The maximum absolute atomic E-state index is 12.0. The van der Waals surface area contributed by atoms with Crippen LogP contribution in [-0.4, -0.2) is 23.3 Å². The average Bonchev–Trinajstić information content (AvgIpc) is 2.71. The Morgan fingerprint density at radius 3 is 3.00 bits per heavy atom. The first-order valence-corrected chi connectivity index (χ1v) is 7.32. The van der Waals surface area contributed by atoms with E-state index < -0.39 is 0 Å². The van der Waals surface area contributed by atoms with E-state index in [1.807, 2.05) is 0 Å². The molecule has 102 valence electrons. The first-order chi connectivity index (χ1) is 8.97. The Hall–Kier alpha value is -1.20. The molecular formula is C13H15ClN2O2S. The molecule has 1 fully saturated rings. The quantitative estimate of drug-likeness (QED) is 0.871. The zero-order valence-electron chi connectivity index (χ0n) is 10.6. The van der Waals surface area contributed by atoms with Crippen molar-refractivity contribution in [1.29, 1.82) is 0 Å². The van der Waals surface area contributed by atoms with Gasteiger partial charge in [0.1, 0.15) is 0 Å². The van der Waals surface area contributed by atoms with Gasteiger partial charge in [-0.05, 0) is 24.1 Å². The number of nitrogens with two attached hydrogens (primary N) is 1. The molecule has 0 bridgehead atoms. The SMILES string of the molecule is CC(=O)SCC1CC(=O)N(c2cc(Cl)ccc2N)C1. The number of amides is 1. The molecule has 1 unspecified atom stereocenters. The summed E-state index contributed by atoms with van der Waals surface area (Å²) >= 11 is 7.20. The van der Waals surface area contributed by atoms with Gasteiger partial charge in [0, 0.05) is 30.7 Å². The van der Waals surface area contributed by atoms with Gasteiger partial charge in [-0.25, -0.2) is 0 Å². The van der Waals surface area contributed by atoms with Crippen LogP contribution in [0, 0.1) is 5.92 Å². The smallest absolute Gasteiger partial charge is 0.227 e. The summed E-state index contributed by atoms with van der Waals surface area (Å²) in [5.41, 5.74) is 7.09. The molecule has 2 rings (SSSR count). The molecule has 0 radical (unpaired) electrons. The van der Waals surface area contributed by atoms with Gasteiger partial charge in [-0.15, -0.1) is 0 Å². The van der Waals surface area contributed by atoms with Gasteiger partial charge in [-0.1, -0.05) is 23.4 Å². The zero-order valence-corrected chi connectivity index (χ0v) is 12.1. The second-order valence-corrected chi connectivity index (χ2v) is 6.21. The molecule has 0 aromatic heterocycles. The van der Waals surface area contributed by atoms with Crippen molar-refractivity contribution in [2.75, 3.05) is 22.9 Å². The van der Waals surface area contributed by atoms with Gasteiger partial charge in [-0.2, -0.15) is 0 Å². The molecule has 1 aliphatic rings. The summed E-state index contributed by atoms with van der Waals surface area (Å²) in [6.45, 7) is 2.12. The van der Waals surface area contributed by atoms with Crippen molar-refractivity contribution in [3.63, 3.8) is 0 Å². The molecule has 1 aliphatic heterocycles. The summed E-state index contributed by atoms with van der Waals surface area (Å²) in [6.07, 6.45) is 0.451. The van der Waals surface area contributed by atoms with E-state index in [-0.39, 0.29) is 16.9 Å². The summed E-state index contributed by atoms with van der Waals surface area (Å²) in [4.78, 5) is 24.6. The third-order valence-electron chi connectivity index (χ3n) is 3.01. The van der Waals surface area contributed by atoms with Crippen LogP contribution in [0.1, 0.15) is 13.3 Å². The number of thioether (sulfide) groups is 1. The topological polar surface area (TPSA) is 63.4 Å². The van der Waals surface area contributed by atoms with Crippen molar-refractivity contribution in [2.45, 2.75) is 13.3 Å². The van der Waals surface area contributed by atoms with Gasteiger partial charge < -0.3 is 10.6 Å². The van der Waals surface area contributed by atoms with Crippen molar-refractivity contribution in [3.05, 3.63) is 23.2 Å². The minimum absolute atomic E-state index is 0.0307. The zero-order chi connectivity index (χ0) is 14.0. The van der Waals surface area contributed by atoms with E-state index in [1.165, 1.54) is 18.7 Å². The molecule has 4 nitrogen and oxygen atoms in total. The normalized spacial score (nSPS) is 18.9. The molecule has 1 aromatic carbocycles. The highest BCUT2D eigenvalue weighted by molar-refractivity contribution is 8.13. The fourth-order valence-corrected chi connectivity index (χ4v) is 2.97. The van der Waals surface area contributed by atoms with Crippen LogP contribution in [0.2, 0.25) is 5.02 Å². The van der Waals surface area contributed by atoms with Gasteiger partial charge >= 0.3 is 0 Å². The Morgan fingerprint density at radius 2 is 2.32 bits per heavy atom. The molecule has 0 spiro atoms. The van der Waals surface area contributed by atoms with Crippen LogP contribution in [0.3, 0.4) is 0 Å². The van der Waals surface area contributed by atoms with Crippen molar-refractivity contribution < 1.29 is 9.59 Å². The summed E-state index contributed by atoms with van der Waals surface area (Å²) in [7, 11) is 0. The molecular weight excluding hydrogens is 284 g/mol. The van der Waals surface area contributed by atoms with E-state index in [0.29, 0.717) is 35.1 Å². The number of nitrogen functional groups attached to an aromatic ring is 1. The molecule has 1 atom stereocenters. The fourth-order valence-electron chi connectivity index (χ4n) is 2.11. The minimum atomic E-state index is 0.0307. The lowest BCUT2D eigenvalue weighted by molar-refractivity contribution is -0.117. The standard InChI is InChI=1S/C13H15ClN2O2S/c1-8(17)19-7-9-4-13(18)16(6-9)12-5-10(14)2-3-11(12)15/h2-3,5,9H,4,6-7,15H2,1H3. The van der Waals surface area contributed by atoms with Crippen LogP contribution in [0.25, 0.3) is 0 Å². The first kappa shape index (κ1) is 14.2. The molecule has 0 saturated carbocycles. The second-order valence-electron chi connectivity index (χ2n) is 4.58. The number of rotatable bonds is 3. The summed E-state index contributed by atoms with van der Waals surface area (Å²) < 4.78 is 0. The van der Waals surface area contributed by atoms with Crippen LogP contribution >= 0.6 is 23.4 Å². The summed E-state index contributed by atoms with van der Waals surface area (Å²) in [5, 5.41) is 0.631. The van der Waals surface area contributed by atoms with E-state index in [1.54, 1.807) is 23.1 Å². The van der Waals surface area contributed by atoms with Gasteiger partial charge in [0.05, 0.1) is 11.4 Å². The molecule has 19 heavy (non-hydrogen) atoms. The number of carbonyl (C=O) groups excluding carboxylic acids is 2. The van der Waals surface area contributed by atoms with Crippen LogP contribution in [0.4, 0.5) is 11.4 Å². The largest absolute Gasteiger partial charge is 0.397 e. The first-order valence-electron chi connectivity index (χ1n) is 5.96. The molecule has 6 heteroatoms. The van der Waals surface area contributed by atoms with Crippen molar-refractivity contribution in [2.24, 2.45) is 5.92 Å². The molecule has 2 N–H and O–H groups in total. The van der Waals surface area contributed by atoms with Gasteiger partial charge in [0.2, 0.25) is 5.91 Å². The van der Waals surface area contributed by atoms with Gasteiger partial charge in [0.25, 0.3) is 0 Å². The number of benzene rings is 1. The monoisotopic (exact) mass is 298 g/mol. The number of hydrogen-bond donors (Lipinski definition) is 1. The Labute approximate surface area is 121 Å². The van der Waals surface area contributed by atoms with Crippen LogP contribution in [-0.2, 0) is 9.59 Å². The van der Waals surface area contributed by atoms with E-state index in [9.17, 15) is 9.59 Å². The number of nitrogens with zero attached hydrogens (tertiary/aromatic N) is 1. The van der Waals surface area contributed by atoms with E-state index in [4.69, 9.17) is 17.3 Å². The van der Waals surface area contributed by atoms with Crippen molar-refractivity contribution in [3.8, 4) is 0 Å². The fraction of sp³-hybridized carbons (Fsp3) is 0.385. The third-order valence-corrected chi connectivity index (χ3v) is 4.29. The minimum Gasteiger partial charge on any atom is -0.397 e. The highest BCUT2D eigenvalue weighted by atomic mass is 35.5. The van der Waals surface area contributed by atoms with E-state index in [0.717, 1.165) is 0 Å². The Bertz CT molecular complexity index is 521. The predicted octanol–water partition coefficient (Wildman–Crippen LogP) is 2.55. The van der Waals surface area contributed by atoms with Crippen LogP contribution in [0.15, 0.2) is 18.2 Å². The maximum atomic E-state index is 12.0. The summed E-state index contributed by atoms with van der Waals surface area (Å²) in [6, 6.07) is 5.10. The van der Waals surface area contributed by atoms with Crippen molar-refractivity contribution >= 4 is 45.8 Å². The van der Waals surface area contributed by atoms with Crippen molar-refractivity contribution in [1.82, 2.24) is 0 Å². The van der Waals surface area contributed by atoms with E-state index in [2.05, 4.69) is 0 Å². The van der Waals surface area contributed by atoms with Gasteiger partial charge in [-0.3, -0.25) is 9.59 Å². The number of anilines is 2. The molecule has 1 aromatic rings. The lowest BCUT2D eigenvalue weighted by Crippen LogP contribution is -2.25. The lowest BCUT2D eigenvalue weighted by Gasteiger charge is -2.19. The predicted molar refractivity (Wildman–Crippen MR) is 79.5 cm³/mol. The number of hydrogen-bond acceptors (Lipinski definition) is 4. The number of carbonyl (C=O) groups is 2.